The molecule has 0 saturated carbocycles. The Morgan fingerprint density at radius 2 is 2.11 bits per heavy atom. The molecule has 1 heterocycles. The van der Waals surface area contributed by atoms with Gasteiger partial charge >= 0.3 is 6.09 Å². The van der Waals surface area contributed by atoms with Crippen LogP contribution in [0.5, 0.6) is 0 Å². The molecule has 0 bridgehead atoms. The second-order valence-corrected chi connectivity index (χ2v) is 5.88. The number of ketones is 1. The number of Topliss-reactive ketones (excluding diaryl/α,β-unsaturated/α-hetero) is 1. The van der Waals surface area contributed by atoms with Gasteiger partial charge in [0, 0.05) is 13.0 Å². The largest absolute Gasteiger partial charge is 0.444 e. The van der Waals surface area contributed by atoms with E-state index in [1.807, 2.05) is 38.3 Å². The second-order valence-electron chi connectivity index (χ2n) is 4.93. The first-order valence-corrected chi connectivity index (χ1v) is 6.80. The highest BCUT2D eigenvalue weighted by atomic mass is 32.1. The van der Waals surface area contributed by atoms with Crippen LogP contribution in [0.2, 0.25) is 0 Å². The molecule has 1 N–H and O–H groups in total. The fourth-order valence-corrected chi connectivity index (χ4v) is 2.01. The van der Waals surface area contributed by atoms with Gasteiger partial charge in [0.2, 0.25) is 0 Å². The lowest BCUT2D eigenvalue weighted by Crippen LogP contribution is -2.33. The molecule has 1 rings (SSSR count). The number of alkyl carbamates (subject to hydrolysis) is 1. The molecule has 1 aromatic rings. The van der Waals surface area contributed by atoms with E-state index in [1.165, 1.54) is 11.3 Å². The van der Waals surface area contributed by atoms with Gasteiger partial charge in [0.05, 0.1) is 4.88 Å². The van der Waals surface area contributed by atoms with Crippen molar-refractivity contribution in [1.82, 2.24) is 5.32 Å². The van der Waals surface area contributed by atoms with E-state index in [9.17, 15) is 9.59 Å². The number of carbonyl (C=O) groups excluding carboxylic acids is 2. The van der Waals surface area contributed by atoms with E-state index in [1.54, 1.807) is 0 Å². The van der Waals surface area contributed by atoms with Crippen LogP contribution in [0.3, 0.4) is 0 Å². The van der Waals surface area contributed by atoms with E-state index in [4.69, 9.17) is 4.74 Å². The van der Waals surface area contributed by atoms with Crippen LogP contribution in [0.1, 0.15) is 43.3 Å². The fourth-order valence-electron chi connectivity index (χ4n) is 1.31. The third-order valence-corrected chi connectivity index (χ3v) is 2.96. The summed E-state index contributed by atoms with van der Waals surface area (Å²) in [5, 5.41) is 4.51. The van der Waals surface area contributed by atoms with Crippen LogP contribution in [-0.4, -0.2) is 24.0 Å². The van der Waals surface area contributed by atoms with Gasteiger partial charge in [-0.1, -0.05) is 6.07 Å². The number of rotatable bonds is 5. The monoisotopic (exact) mass is 269 g/mol. The third-order valence-electron chi connectivity index (χ3n) is 2.04. The van der Waals surface area contributed by atoms with Crippen molar-refractivity contribution >= 4 is 23.2 Å². The minimum absolute atomic E-state index is 0.121. The quantitative estimate of drug-likeness (QED) is 0.659. The predicted molar refractivity (Wildman–Crippen MR) is 72.1 cm³/mol. The average Bonchev–Trinajstić information content (AvgIpc) is 2.74. The summed E-state index contributed by atoms with van der Waals surface area (Å²) in [6, 6.07) is 3.67. The Labute approximate surface area is 111 Å². The van der Waals surface area contributed by atoms with Gasteiger partial charge in [-0.05, 0) is 38.6 Å². The third kappa shape index (κ3) is 5.82. The Bertz CT molecular complexity index is 393. The molecule has 1 amide bonds. The molecule has 0 spiro atoms. The Morgan fingerprint density at radius 1 is 1.39 bits per heavy atom. The Morgan fingerprint density at radius 3 is 2.67 bits per heavy atom. The molecule has 0 aliphatic rings. The number of carbonyl (C=O) groups is 2. The van der Waals surface area contributed by atoms with Crippen molar-refractivity contribution in [2.45, 2.75) is 39.2 Å². The first kappa shape index (κ1) is 14.7. The lowest BCUT2D eigenvalue weighted by atomic mass is 10.2. The Hall–Kier alpha value is -1.36. The number of hydrogen-bond acceptors (Lipinski definition) is 4. The van der Waals surface area contributed by atoms with Crippen molar-refractivity contribution in [1.29, 1.82) is 0 Å². The highest BCUT2D eigenvalue weighted by molar-refractivity contribution is 7.12. The molecule has 18 heavy (non-hydrogen) atoms. The zero-order chi connectivity index (χ0) is 13.6. The number of thiophene rings is 1. The Balaban J connectivity index is 2.16. The first-order valence-electron chi connectivity index (χ1n) is 5.92. The topological polar surface area (TPSA) is 55.4 Å². The van der Waals surface area contributed by atoms with Crippen molar-refractivity contribution in [3.05, 3.63) is 22.4 Å². The van der Waals surface area contributed by atoms with Crippen LogP contribution in [0.4, 0.5) is 4.79 Å². The van der Waals surface area contributed by atoms with Crippen molar-refractivity contribution in [2.75, 3.05) is 6.54 Å². The van der Waals surface area contributed by atoms with Gasteiger partial charge in [0.25, 0.3) is 0 Å². The molecule has 0 aliphatic carbocycles. The number of hydrogen-bond donors (Lipinski definition) is 1. The van der Waals surface area contributed by atoms with Crippen LogP contribution in [0, 0.1) is 0 Å². The summed E-state index contributed by atoms with van der Waals surface area (Å²) in [5.41, 5.74) is -0.489. The molecule has 1 aromatic heterocycles. The summed E-state index contributed by atoms with van der Waals surface area (Å²) in [4.78, 5) is 23.7. The zero-order valence-electron chi connectivity index (χ0n) is 11.0. The van der Waals surface area contributed by atoms with Crippen molar-refractivity contribution < 1.29 is 14.3 Å². The molecule has 0 radical (unpaired) electrons. The second kappa shape index (κ2) is 6.54. The van der Waals surface area contributed by atoms with E-state index < -0.39 is 11.7 Å². The average molecular weight is 269 g/mol. The molecule has 0 atom stereocenters. The maximum atomic E-state index is 11.6. The van der Waals surface area contributed by atoms with Crippen molar-refractivity contribution in [3.63, 3.8) is 0 Å². The molecule has 4 nitrogen and oxygen atoms in total. The summed E-state index contributed by atoms with van der Waals surface area (Å²) in [6.07, 6.45) is 0.623. The van der Waals surface area contributed by atoms with Crippen LogP contribution < -0.4 is 5.32 Å². The molecular formula is C13H19NO3S. The number of ether oxygens (including phenoxy) is 1. The minimum Gasteiger partial charge on any atom is -0.444 e. The van der Waals surface area contributed by atoms with Gasteiger partial charge in [-0.15, -0.1) is 11.3 Å². The smallest absolute Gasteiger partial charge is 0.407 e. The van der Waals surface area contributed by atoms with Gasteiger partial charge in [-0.2, -0.15) is 0 Å². The van der Waals surface area contributed by atoms with Crippen LogP contribution in [0.15, 0.2) is 17.5 Å². The van der Waals surface area contributed by atoms with E-state index in [2.05, 4.69) is 5.32 Å². The first-order chi connectivity index (χ1) is 8.38. The van der Waals surface area contributed by atoms with Crippen molar-refractivity contribution in [3.8, 4) is 0 Å². The maximum Gasteiger partial charge on any atom is 0.407 e. The molecule has 0 saturated heterocycles. The van der Waals surface area contributed by atoms with Crippen LogP contribution >= 0.6 is 11.3 Å². The normalized spacial score (nSPS) is 11.1. The van der Waals surface area contributed by atoms with E-state index >= 15 is 0 Å². The summed E-state index contributed by atoms with van der Waals surface area (Å²) in [6.45, 7) is 5.89. The van der Waals surface area contributed by atoms with Gasteiger partial charge in [-0.3, -0.25) is 4.79 Å². The van der Waals surface area contributed by atoms with E-state index in [0.29, 0.717) is 19.4 Å². The molecule has 0 aliphatic heterocycles. The van der Waals surface area contributed by atoms with E-state index in [0.717, 1.165) is 4.88 Å². The highest BCUT2D eigenvalue weighted by Crippen LogP contribution is 2.12. The molecule has 100 valence electrons. The lowest BCUT2D eigenvalue weighted by molar-refractivity contribution is 0.0525. The SMILES string of the molecule is CC(C)(C)OC(=O)NCCCC(=O)c1cccs1. The van der Waals surface area contributed by atoms with Crippen molar-refractivity contribution in [2.24, 2.45) is 0 Å². The molecule has 0 unspecified atom stereocenters. The minimum atomic E-state index is -0.489. The Kier molecular flexibility index (Phi) is 5.34. The lowest BCUT2D eigenvalue weighted by Gasteiger charge is -2.19. The molecule has 0 fully saturated rings. The standard InChI is InChI=1S/C13H19NO3S/c1-13(2,3)17-12(16)14-8-4-6-10(15)11-7-5-9-18-11/h5,7,9H,4,6,8H2,1-3H3,(H,14,16). The summed E-state index contributed by atoms with van der Waals surface area (Å²) >= 11 is 1.44. The van der Waals surface area contributed by atoms with E-state index in [-0.39, 0.29) is 5.78 Å². The molecule has 0 aromatic carbocycles. The summed E-state index contributed by atoms with van der Waals surface area (Å²) < 4.78 is 5.08. The van der Waals surface area contributed by atoms with Crippen LogP contribution in [0.25, 0.3) is 0 Å². The van der Waals surface area contributed by atoms with Gasteiger partial charge in [0.1, 0.15) is 5.60 Å². The van der Waals surface area contributed by atoms with Gasteiger partial charge < -0.3 is 10.1 Å². The fraction of sp³-hybridized carbons (Fsp3) is 0.538. The van der Waals surface area contributed by atoms with Gasteiger partial charge in [-0.25, -0.2) is 4.79 Å². The number of amides is 1. The molecule has 5 heteroatoms. The zero-order valence-corrected chi connectivity index (χ0v) is 11.8. The highest BCUT2D eigenvalue weighted by Gasteiger charge is 2.15. The van der Waals surface area contributed by atoms with Gasteiger partial charge in [0.15, 0.2) is 5.78 Å². The van der Waals surface area contributed by atoms with Crippen LogP contribution in [-0.2, 0) is 4.74 Å². The summed E-state index contributed by atoms with van der Waals surface area (Å²) in [5.74, 6) is 0.121. The number of nitrogens with one attached hydrogen (secondary N) is 1. The molecular weight excluding hydrogens is 250 g/mol. The summed E-state index contributed by atoms with van der Waals surface area (Å²) in [7, 11) is 0. The maximum absolute atomic E-state index is 11.6. The predicted octanol–water partition coefficient (Wildman–Crippen LogP) is 3.24.